The molecule has 1 aromatic carbocycles. The molecule has 5 heteroatoms. The zero-order chi connectivity index (χ0) is 14.7. The summed E-state index contributed by atoms with van der Waals surface area (Å²) in [5, 5.41) is 10.3. The molecule has 0 aromatic heterocycles. The number of fused-ring (bicyclic) bond motifs is 1. The Hall–Kier alpha value is -1.88. The maximum absolute atomic E-state index is 12.7. The third-order valence-electron chi connectivity index (χ3n) is 5.53. The molecule has 3 aliphatic rings. The smallest absolute Gasteiger partial charge is 0.254 e. The predicted octanol–water partition coefficient (Wildman–Crippen LogP) is 0.627. The van der Waals surface area contributed by atoms with Gasteiger partial charge in [0.25, 0.3) is 5.91 Å². The van der Waals surface area contributed by atoms with E-state index in [4.69, 9.17) is 5.73 Å². The Labute approximate surface area is 122 Å². The van der Waals surface area contributed by atoms with Crippen molar-refractivity contribution < 1.29 is 14.7 Å². The number of hydrogen-bond donors (Lipinski definition) is 2. The van der Waals surface area contributed by atoms with E-state index < -0.39 is 5.91 Å². The van der Waals surface area contributed by atoms with Gasteiger partial charge >= 0.3 is 0 Å². The van der Waals surface area contributed by atoms with Crippen molar-refractivity contribution in [2.45, 2.75) is 25.0 Å². The van der Waals surface area contributed by atoms with Gasteiger partial charge in [0.1, 0.15) is 0 Å². The van der Waals surface area contributed by atoms with Gasteiger partial charge in [-0.25, -0.2) is 0 Å². The summed E-state index contributed by atoms with van der Waals surface area (Å²) in [6, 6.07) is 6.42. The van der Waals surface area contributed by atoms with Crippen LogP contribution in [0.1, 0.15) is 33.6 Å². The van der Waals surface area contributed by atoms with Gasteiger partial charge in [0.15, 0.2) is 0 Å². The van der Waals surface area contributed by atoms with E-state index in [0.717, 1.165) is 19.4 Å². The number of carbonyl (C=O) groups excluding carboxylic acids is 2. The second-order valence-corrected chi connectivity index (χ2v) is 6.54. The standard InChI is InChI=1S/C16H18N2O3/c17-15(20)8-1-3-9(4-2-8)16(21)18-7-11-5-10-6-12(11)13(18)14(10)19/h1-4,10-14,19H,5-7H2,(H2,17,20)/t10-,11-,12+,13-,14+/m0/s1. The summed E-state index contributed by atoms with van der Waals surface area (Å²) in [7, 11) is 0. The van der Waals surface area contributed by atoms with Crippen LogP contribution < -0.4 is 5.73 Å². The molecule has 2 amide bonds. The highest BCUT2D eigenvalue weighted by Crippen LogP contribution is 2.55. The number of nitrogens with two attached hydrogens (primary N) is 1. The van der Waals surface area contributed by atoms with E-state index in [1.807, 2.05) is 4.90 Å². The van der Waals surface area contributed by atoms with Gasteiger partial charge in [0, 0.05) is 17.7 Å². The number of primary amides is 1. The topological polar surface area (TPSA) is 83.6 Å². The molecule has 2 bridgehead atoms. The van der Waals surface area contributed by atoms with Crippen molar-refractivity contribution in [1.29, 1.82) is 0 Å². The van der Waals surface area contributed by atoms with Crippen LogP contribution in [0.3, 0.4) is 0 Å². The minimum atomic E-state index is -0.498. The lowest BCUT2D eigenvalue weighted by atomic mass is 9.88. The van der Waals surface area contributed by atoms with Gasteiger partial charge < -0.3 is 15.7 Å². The normalized spacial score (nSPS) is 36.2. The van der Waals surface area contributed by atoms with Crippen LogP contribution >= 0.6 is 0 Å². The van der Waals surface area contributed by atoms with Crippen LogP contribution in [0.5, 0.6) is 0 Å². The molecule has 1 heterocycles. The third kappa shape index (κ3) is 1.73. The molecule has 5 nitrogen and oxygen atoms in total. The molecule has 5 atom stereocenters. The van der Waals surface area contributed by atoms with Gasteiger partial charge in [-0.3, -0.25) is 9.59 Å². The Morgan fingerprint density at radius 1 is 1.10 bits per heavy atom. The highest BCUT2D eigenvalue weighted by molar-refractivity contribution is 5.97. The van der Waals surface area contributed by atoms with Gasteiger partial charge in [0.05, 0.1) is 12.1 Å². The Morgan fingerprint density at radius 3 is 2.38 bits per heavy atom. The first-order valence-corrected chi connectivity index (χ1v) is 7.45. The molecule has 1 saturated heterocycles. The molecule has 2 saturated carbocycles. The zero-order valence-corrected chi connectivity index (χ0v) is 11.6. The van der Waals surface area contributed by atoms with Crippen molar-refractivity contribution in [3.8, 4) is 0 Å². The Balaban J connectivity index is 1.59. The number of benzene rings is 1. The fourth-order valence-corrected chi connectivity index (χ4v) is 4.59. The highest BCUT2D eigenvalue weighted by atomic mass is 16.3. The summed E-state index contributed by atoms with van der Waals surface area (Å²) in [4.78, 5) is 25.6. The number of likely N-dealkylation sites (tertiary alicyclic amines) is 1. The average Bonchev–Trinajstić information content (AvgIpc) is 3.08. The second-order valence-electron chi connectivity index (χ2n) is 6.54. The summed E-state index contributed by atoms with van der Waals surface area (Å²) in [5.74, 6) is 0.850. The Bertz CT molecular complexity index is 610. The monoisotopic (exact) mass is 286 g/mol. The molecule has 4 rings (SSSR count). The second kappa shape index (κ2) is 4.31. The summed E-state index contributed by atoms with van der Waals surface area (Å²) in [6.45, 7) is 0.749. The molecule has 110 valence electrons. The lowest BCUT2D eigenvalue weighted by Gasteiger charge is -2.29. The molecule has 0 spiro atoms. The number of carbonyl (C=O) groups is 2. The first-order chi connectivity index (χ1) is 10.1. The fourth-order valence-electron chi connectivity index (χ4n) is 4.59. The third-order valence-corrected chi connectivity index (χ3v) is 5.53. The van der Waals surface area contributed by atoms with Gasteiger partial charge in [-0.05, 0) is 54.9 Å². The molecule has 1 aliphatic heterocycles. The van der Waals surface area contributed by atoms with Crippen molar-refractivity contribution in [1.82, 2.24) is 4.90 Å². The van der Waals surface area contributed by atoms with Crippen LogP contribution in [0.2, 0.25) is 0 Å². The Kier molecular flexibility index (Phi) is 2.63. The summed E-state index contributed by atoms with van der Waals surface area (Å²) in [6.07, 6.45) is 1.73. The van der Waals surface area contributed by atoms with Gasteiger partial charge in [-0.1, -0.05) is 0 Å². The van der Waals surface area contributed by atoms with Crippen LogP contribution in [-0.2, 0) is 0 Å². The molecule has 21 heavy (non-hydrogen) atoms. The average molecular weight is 286 g/mol. The molecule has 0 radical (unpaired) electrons. The van der Waals surface area contributed by atoms with E-state index >= 15 is 0 Å². The van der Waals surface area contributed by atoms with E-state index in [9.17, 15) is 14.7 Å². The van der Waals surface area contributed by atoms with E-state index in [1.54, 1.807) is 24.3 Å². The van der Waals surface area contributed by atoms with E-state index in [0.29, 0.717) is 28.9 Å². The maximum Gasteiger partial charge on any atom is 0.254 e. The minimum absolute atomic E-state index is 0.0166. The zero-order valence-electron chi connectivity index (χ0n) is 11.6. The summed E-state index contributed by atoms with van der Waals surface area (Å²) < 4.78 is 0. The molecule has 3 N–H and O–H groups in total. The largest absolute Gasteiger partial charge is 0.391 e. The summed E-state index contributed by atoms with van der Waals surface area (Å²) >= 11 is 0. The molecule has 3 fully saturated rings. The number of nitrogens with zero attached hydrogens (tertiary/aromatic N) is 1. The number of rotatable bonds is 2. The molecule has 0 unspecified atom stereocenters. The molecule has 1 aromatic rings. The van der Waals surface area contributed by atoms with E-state index in [1.165, 1.54) is 0 Å². The Morgan fingerprint density at radius 2 is 1.76 bits per heavy atom. The predicted molar refractivity (Wildman–Crippen MR) is 75.5 cm³/mol. The first-order valence-electron chi connectivity index (χ1n) is 7.45. The maximum atomic E-state index is 12.7. The van der Waals surface area contributed by atoms with Gasteiger partial charge in [0.2, 0.25) is 5.91 Å². The van der Waals surface area contributed by atoms with Gasteiger partial charge in [-0.2, -0.15) is 0 Å². The van der Waals surface area contributed by atoms with Crippen LogP contribution in [-0.4, -0.2) is 40.5 Å². The number of hydrogen-bond acceptors (Lipinski definition) is 3. The van der Waals surface area contributed by atoms with Crippen LogP contribution in [0, 0.1) is 17.8 Å². The van der Waals surface area contributed by atoms with Crippen molar-refractivity contribution >= 4 is 11.8 Å². The van der Waals surface area contributed by atoms with Gasteiger partial charge in [-0.15, -0.1) is 0 Å². The molecular weight excluding hydrogens is 268 g/mol. The first kappa shape index (κ1) is 12.8. The lowest BCUT2D eigenvalue weighted by Crippen LogP contribution is -2.43. The fraction of sp³-hybridized carbons (Fsp3) is 0.500. The van der Waals surface area contributed by atoms with Crippen LogP contribution in [0.4, 0.5) is 0 Å². The van der Waals surface area contributed by atoms with E-state index in [-0.39, 0.29) is 18.1 Å². The van der Waals surface area contributed by atoms with Crippen LogP contribution in [0.15, 0.2) is 24.3 Å². The lowest BCUT2D eigenvalue weighted by molar-refractivity contribution is 0.0402. The molecule has 2 aliphatic carbocycles. The number of amides is 2. The highest BCUT2D eigenvalue weighted by Gasteiger charge is 2.59. The van der Waals surface area contributed by atoms with Crippen molar-refractivity contribution in [2.24, 2.45) is 23.5 Å². The van der Waals surface area contributed by atoms with Crippen molar-refractivity contribution in [2.75, 3.05) is 6.54 Å². The number of aliphatic hydroxyl groups excluding tert-OH is 1. The quantitative estimate of drug-likeness (QED) is 0.836. The minimum Gasteiger partial charge on any atom is -0.391 e. The van der Waals surface area contributed by atoms with Crippen LogP contribution in [0.25, 0.3) is 0 Å². The molecular formula is C16H18N2O3. The summed E-state index contributed by atoms with van der Waals surface area (Å²) in [5.41, 5.74) is 6.16. The SMILES string of the molecule is NC(=O)c1ccc(C(=O)N2C[C@@H]3C[C@H]4C[C@H]3[C@H]2[C@@H]4O)cc1. The van der Waals surface area contributed by atoms with Crippen molar-refractivity contribution in [3.63, 3.8) is 0 Å². The van der Waals surface area contributed by atoms with Crippen molar-refractivity contribution in [3.05, 3.63) is 35.4 Å². The van der Waals surface area contributed by atoms with E-state index in [2.05, 4.69) is 0 Å². The number of aliphatic hydroxyl groups is 1.